The SMILES string of the molecule is COc1ccc2ccc(=O)c3ccccc3c2c1. The zero-order chi connectivity index (χ0) is 12.5. The lowest BCUT2D eigenvalue weighted by molar-refractivity contribution is 0.415. The molecular formula is C16H12O2. The Labute approximate surface area is 104 Å². The summed E-state index contributed by atoms with van der Waals surface area (Å²) in [5.41, 5.74) is 0.0424. The van der Waals surface area contributed by atoms with Crippen molar-refractivity contribution in [2.24, 2.45) is 0 Å². The van der Waals surface area contributed by atoms with Gasteiger partial charge in [-0.25, -0.2) is 0 Å². The first-order chi connectivity index (χ1) is 8.79. The van der Waals surface area contributed by atoms with Gasteiger partial charge in [0.05, 0.1) is 7.11 Å². The zero-order valence-corrected chi connectivity index (χ0v) is 10.0. The molecule has 2 nitrogen and oxygen atoms in total. The third-order valence-corrected chi connectivity index (χ3v) is 3.16. The van der Waals surface area contributed by atoms with Gasteiger partial charge in [0.2, 0.25) is 0 Å². The van der Waals surface area contributed by atoms with Crippen LogP contribution in [0, 0.1) is 0 Å². The molecule has 0 saturated heterocycles. The summed E-state index contributed by atoms with van der Waals surface area (Å²) in [6.45, 7) is 0. The van der Waals surface area contributed by atoms with Crippen LogP contribution in [-0.2, 0) is 0 Å². The van der Waals surface area contributed by atoms with Crippen molar-refractivity contribution < 1.29 is 4.74 Å². The van der Waals surface area contributed by atoms with E-state index in [0.717, 1.165) is 27.3 Å². The van der Waals surface area contributed by atoms with Crippen LogP contribution in [-0.4, -0.2) is 7.11 Å². The van der Waals surface area contributed by atoms with Crippen LogP contribution >= 0.6 is 0 Å². The van der Waals surface area contributed by atoms with Crippen molar-refractivity contribution in [1.29, 1.82) is 0 Å². The number of benzene rings is 2. The molecule has 18 heavy (non-hydrogen) atoms. The Kier molecular flexibility index (Phi) is 2.49. The van der Waals surface area contributed by atoms with Crippen LogP contribution in [0.25, 0.3) is 21.5 Å². The minimum absolute atomic E-state index is 0.0424. The Morgan fingerprint density at radius 3 is 2.33 bits per heavy atom. The molecule has 0 heterocycles. The Balaban J connectivity index is 2.61. The molecule has 0 aliphatic rings. The first-order valence-electron chi connectivity index (χ1n) is 5.79. The first kappa shape index (κ1) is 10.8. The molecule has 0 bridgehead atoms. The molecule has 88 valence electrons. The van der Waals surface area contributed by atoms with Gasteiger partial charge in [0.15, 0.2) is 5.43 Å². The van der Waals surface area contributed by atoms with E-state index in [4.69, 9.17) is 4.74 Å². The van der Waals surface area contributed by atoms with E-state index in [-0.39, 0.29) is 5.43 Å². The van der Waals surface area contributed by atoms with Crippen LogP contribution in [0.5, 0.6) is 5.75 Å². The van der Waals surface area contributed by atoms with Gasteiger partial charge < -0.3 is 4.74 Å². The second-order valence-electron chi connectivity index (χ2n) is 4.20. The lowest BCUT2D eigenvalue weighted by Gasteiger charge is -2.02. The molecule has 0 aliphatic heterocycles. The molecule has 0 N–H and O–H groups in total. The van der Waals surface area contributed by atoms with Gasteiger partial charge in [-0.3, -0.25) is 4.79 Å². The highest BCUT2D eigenvalue weighted by molar-refractivity contribution is 6.06. The molecule has 0 atom stereocenters. The summed E-state index contributed by atoms with van der Waals surface area (Å²) in [6.07, 6.45) is 0. The number of hydrogen-bond acceptors (Lipinski definition) is 2. The topological polar surface area (TPSA) is 26.3 Å². The summed E-state index contributed by atoms with van der Waals surface area (Å²) in [4.78, 5) is 12.0. The highest BCUT2D eigenvalue weighted by Crippen LogP contribution is 2.25. The van der Waals surface area contributed by atoms with Crippen molar-refractivity contribution in [2.75, 3.05) is 7.11 Å². The molecule has 3 aromatic carbocycles. The molecule has 0 aromatic heterocycles. The van der Waals surface area contributed by atoms with E-state index < -0.39 is 0 Å². The van der Waals surface area contributed by atoms with E-state index in [1.807, 2.05) is 48.5 Å². The molecule has 3 aromatic rings. The second kappa shape index (κ2) is 4.15. The monoisotopic (exact) mass is 236 g/mol. The number of fused-ring (bicyclic) bond motifs is 3. The summed E-state index contributed by atoms with van der Waals surface area (Å²) in [6, 6.07) is 17.0. The van der Waals surface area contributed by atoms with Crippen LogP contribution in [0.4, 0.5) is 0 Å². The Morgan fingerprint density at radius 2 is 1.56 bits per heavy atom. The van der Waals surface area contributed by atoms with E-state index in [2.05, 4.69) is 0 Å². The maximum Gasteiger partial charge on any atom is 0.186 e. The largest absolute Gasteiger partial charge is 0.497 e. The van der Waals surface area contributed by atoms with Gasteiger partial charge in [0, 0.05) is 5.39 Å². The fraction of sp³-hybridized carbons (Fsp3) is 0.0625. The highest BCUT2D eigenvalue weighted by atomic mass is 16.5. The predicted octanol–water partition coefficient (Wildman–Crippen LogP) is 3.36. The quantitative estimate of drug-likeness (QED) is 0.647. The Hall–Kier alpha value is -2.35. The van der Waals surface area contributed by atoms with Crippen molar-refractivity contribution in [3.63, 3.8) is 0 Å². The van der Waals surface area contributed by atoms with Crippen LogP contribution in [0.1, 0.15) is 0 Å². The molecular weight excluding hydrogens is 224 g/mol. The molecule has 0 saturated carbocycles. The summed E-state index contributed by atoms with van der Waals surface area (Å²) < 4.78 is 5.25. The maximum absolute atomic E-state index is 12.0. The number of hydrogen-bond donors (Lipinski definition) is 0. The summed E-state index contributed by atoms with van der Waals surface area (Å²) in [5, 5.41) is 3.77. The average molecular weight is 236 g/mol. The van der Waals surface area contributed by atoms with Crippen molar-refractivity contribution in [2.45, 2.75) is 0 Å². The third-order valence-electron chi connectivity index (χ3n) is 3.16. The predicted molar refractivity (Wildman–Crippen MR) is 74.3 cm³/mol. The minimum atomic E-state index is 0.0424. The normalized spacial score (nSPS) is 10.7. The van der Waals surface area contributed by atoms with Gasteiger partial charge in [0.25, 0.3) is 0 Å². The first-order valence-corrected chi connectivity index (χ1v) is 5.79. The molecule has 0 radical (unpaired) electrons. The van der Waals surface area contributed by atoms with Crippen LogP contribution in [0.3, 0.4) is 0 Å². The van der Waals surface area contributed by atoms with Gasteiger partial charge in [-0.2, -0.15) is 0 Å². The molecule has 0 spiro atoms. The zero-order valence-electron chi connectivity index (χ0n) is 10.0. The third kappa shape index (κ3) is 1.63. The summed E-state index contributed by atoms with van der Waals surface area (Å²) >= 11 is 0. The van der Waals surface area contributed by atoms with Crippen LogP contribution in [0.15, 0.2) is 59.4 Å². The lowest BCUT2D eigenvalue weighted by Crippen LogP contribution is -1.93. The standard InChI is InChI=1S/C16H12O2/c1-18-12-8-6-11-7-9-16(17)14-5-3-2-4-13(14)15(11)10-12/h2-10H,1H3. The summed E-state index contributed by atoms with van der Waals surface area (Å²) in [7, 11) is 1.64. The van der Waals surface area contributed by atoms with Gasteiger partial charge in [-0.15, -0.1) is 0 Å². The Morgan fingerprint density at radius 1 is 0.833 bits per heavy atom. The average Bonchev–Trinajstić information content (AvgIpc) is 2.57. The fourth-order valence-corrected chi connectivity index (χ4v) is 2.23. The van der Waals surface area contributed by atoms with Crippen LogP contribution in [0.2, 0.25) is 0 Å². The van der Waals surface area contributed by atoms with Crippen molar-refractivity contribution in [3.8, 4) is 5.75 Å². The minimum Gasteiger partial charge on any atom is -0.497 e. The summed E-state index contributed by atoms with van der Waals surface area (Å²) in [5.74, 6) is 0.798. The number of methoxy groups -OCH3 is 1. The van der Waals surface area contributed by atoms with Gasteiger partial charge in [-0.1, -0.05) is 36.4 Å². The smallest absolute Gasteiger partial charge is 0.186 e. The van der Waals surface area contributed by atoms with Crippen LogP contribution < -0.4 is 10.2 Å². The van der Waals surface area contributed by atoms with E-state index >= 15 is 0 Å². The van der Waals surface area contributed by atoms with E-state index in [9.17, 15) is 4.79 Å². The molecule has 0 unspecified atom stereocenters. The molecule has 0 amide bonds. The molecule has 0 aliphatic carbocycles. The van der Waals surface area contributed by atoms with Crippen molar-refractivity contribution in [3.05, 3.63) is 64.8 Å². The molecule has 0 fully saturated rings. The number of ether oxygens (including phenoxy) is 1. The maximum atomic E-state index is 12.0. The van der Waals surface area contributed by atoms with E-state index in [1.54, 1.807) is 13.2 Å². The van der Waals surface area contributed by atoms with E-state index in [1.165, 1.54) is 0 Å². The lowest BCUT2D eigenvalue weighted by atomic mass is 10.1. The van der Waals surface area contributed by atoms with Gasteiger partial charge in [0.1, 0.15) is 5.75 Å². The Bertz CT molecular complexity index is 791. The van der Waals surface area contributed by atoms with Crippen molar-refractivity contribution >= 4 is 21.5 Å². The molecule has 2 heteroatoms. The highest BCUT2D eigenvalue weighted by Gasteiger charge is 2.02. The number of rotatable bonds is 1. The fourth-order valence-electron chi connectivity index (χ4n) is 2.23. The van der Waals surface area contributed by atoms with E-state index in [0.29, 0.717) is 0 Å². The van der Waals surface area contributed by atoms with Crippen molar-refractivity contribution in [1.82, 2.24) is 0 Å². The molecule has 3 rings (SSSR count). The van der Waals surface area contributed by atoms with Gasteiger partial charge in [-0.05, 0) is 34.4 Å². The second-order valence-corrected chi connectivity index (χ2v) is 4.20. The van der Waals surface area contributed by atoms with Gasteiger partial charge >= 0.3 is 0 Å².